The van der Waals surface area contributed by atoms with E-state index in [1.165, 1.54) is 31.2 Å². The van der Waals surface area contributed by atoms with E-state index in [0.29, 0.717) is 20.3 Å². The van der Waals surface area contributed by atoms with Crippen molar-refractivity contribution in [2.75, 3.05) is 0 Å². The topological polar surface area (TPSA) is 0 Å². The molecule has 1 fully saturated rings. The number of benzene rings is 1. The first-order valence-corrected chi connectivity index (χ1v) is 8.65. The Kier molecular flexibility index (Phi) is 5.25. The Morgan fingerprint density at radius 3 is 2.63 bits per heavy atom. The molecule has 1 aliphatic rings. The van der Waals surface area contributed by atoms with E-state index in [9.17, 15) is 0 Å². The lowest BCUT2D eigenvalue weighted by atomic mass is 9.67. The third-order valence-electron chi connectivity index (χ3n) is 4.44. The molecule has 1 saturated carbocycles. The second-order valence-corrected chi connectivity index (χ2v) is 8.30. The van der Waals surface area contributed by atoms with Crippen LogP contribution in [0.2, 0.25) is 10.0 Å². The summed E-state index contributed by atoms with van der Waals surface area (Å²) in [5, 5.41) is 1.29. The van der Waals surface area contributed by atoms with Crippen LogP contribution in [-0.4, -0.2) is 4.83 Å². The van der Waals surface area contributed by atoms with Crippen LogP contribution in [0.1, 0.15) is 45.1 Å². The van der Waals surface area contributed by atoms with Gasteiger partial charge in [0.15, 0.2) is 0 Å². The Bertz CT molecular complexity index is 442. The van der Waals surface area contributed by atoms with Crippen LogP contribution in [0, 0.1) is 11.3 Å². The van der Waals surface area contributed by atoms with Gasteiger partial charge in [0, 0.05) is 4.83 Å². The van der Waals surface area contributed by atoms with Gasteiger partial charge in [-0.3, -0.25) is 0 Å². The molecule has 0 aromatic heterocycles. The third-order valence-corrected chi connectivity index (χ3v) is 6.14. The number of alkyl halides is 1. The molecule has 19 heavy (non-hydrogen) atoms. The molecule has 0 aliphatic heterocycles. The van der Waals surface area contributed by atoms with Crippen molar-refractivity contribution in [2.24, 2.45) is 11.3 Å². The maximum atomic E-state index is 6.09. The van der Waals surface area contributed by atoms with Crippen LogP contribution in [0.4, 0.5) is 0 Å². The van der Waals surface area contributed by atoms with Crippen LogP contribution in [0.25, 0.3) is 0 Å². The molecule has 2 atom stereocenters. The summed E-state index contributed by atoms with van der Waals surface area (Å²) in [5.74, 6) is 0.732. The molecule has 3 heteroatoms. The fourth-order valence-corrected chi connectivity index (χ4v) is 4.90. The number of rotatable bonds is 3. The van der Waals surface area contributed by atoms with Crippen LogP contribution in [0.15, 0.2) is 18.2 Å². The van der Waals surface area contributed by atoms with E-state index in [4.69, 9.17) is 23.2 Å². The van der Waals surface area contributed by atoms with Crippen LogP contribution in [0.3, 0.4) is 0 Å². The minimum atomic E-state index is 0.433. The third kappa shape index (κ3) is 3.89. The quantitative estimate of drug-likeness (QED) is 0.536. The van der Waals surface area contributed by atoms with Crippen molar-refractivity contribution in [1.29, 1.82) is 0 Å². The molecule has 0 amide bonds. The molecule has 0 bridgehead atoms. The minimum Gasteiger partial charge on any atom is -0.0884 e. The van der Waals surface area contributed by atoms with Crippen LogP contribution >= 0.6 is 39.1 Å². The van der Waals surface area contributed by atoms with Gasteiger partial charge in [0.1, 0.15) is 0 Å². The van der Waals surface area contributed by atoms with Gasteiger partial charge in [-0.2, -0.15) is 0 Å². The highest BCUT2D eigenvalue weighted by atomic mass is 79.9. The molecule has 0 nitrogen and oxygen atoms in total. The molecule has 1 aromatic carbocycles. The van der Waals surface area contributed by atoms with Crippen molar-refractivity contribution in [3.05, 3.63) is 33.8 Å². The summed E-state index contributed by atoms with van der Waals surface area (Å²) in [7, 11) is 0. The van der Waals surface area contributed by atoms with E-state index in [1.54, 1.807) is 0 Å². The number of hydrogen-bond acceptors (Lipinski definition) is 0. The fraction of sp³-hybridized carbons (Fsp3) is 0.625. The largest absolute Gasteiger partial charge is 0.0884 e. The van der Waals surface area contributed by atoms with Gasteiger partial charge in [-0.15, -0.1) is 0 Å². The molecule has 0 saturated heterocycles. The lowest BCUT2D eigenvalue weighted by Crippen LogP contribution is -2.35. The Morgan fingerprint density at radius 2 is 2.00 bits per heavy atom. The summed E-state index contributed by atoms with van der Waals surface area (Å²) in [5.41, 5.74) is 1.69. The summed E-state index contributed by atoms with van der Waals surface area (Å²) in [6, 6.07) is 5.97. The lowest BCUT2D eigenvalue weighted by Gasteiger charge is -2.41. The predicted molar refractivity (Wildman–Crippen MR) is 88.6 cm³/mol. The van der Waals surface area contributed by atoms with Crippen molar-refractivity contribution in [3.63, 3.8) is 0 Å². The summed E-state index contributed by atoms with van der Waals surface area (Å²) >= 11 is 16.0. The van der Waals surface area contributed by atoms with Crippen molar-refractivity contribution in [1.82, 2.24) is 0 Å². The molecule has 2 rings (SSSR count). The molecule has 0 heterocycles. The first-order valence-electron chi connectivity index (χ1n) is 6.98. The second-order valence-electron chi connectivity index (χ2n) is 6.31. The van der Waals surface area contributed by atoms with Gasteiger partial charge in [0.2, 0.25) is 0 Å². The molecule has 106 valence electrons. The number of halogens is 3. The summed E-state index contributed by atoms with van der Waals surface area (Å²) < 4.78 is 0. The summed E-state index contributed by atoms with van der Waals surface area (Å²) in [6.45, 7) is 4.81. The van der Waals surface area contributed by atoms with Gasteiger partial charge in [-0.1, -0.05) is 71.9 Å². The highest BCUT2D eigenvalue weighted by molar-refractivity contribution is 9.09. The van der Waals surface area contributed by atoms with Gasteiger partial charge in [-0.25, -0.2) is 0 Å². The molecule has 0 spiro atoms. The Balaban J connectivity index is 2.07. The highest BCUT2D eigenvalue weighted by Gasteiger charge is 2.36. The van der Waals surface area contributed by atoms with Crippen molar-refractivity contribution in [2.45, 2.75) is 50.8 Å². The SMILES string of the molecule is CC1(C)CCCCC1C(Br)Cc1ccc(Cl)c(Cl)c1. The molecular formula is C16H21BrCl2. The van der Waals surface area contributed by atoms with Crippen LogP contribution in [0.5, 0.6) is 0 Å². The summed E-state index contributed by atoms with van der Waals surface area (Å²) in [6.07, 6.45) is 6.41. The first kappa shape index (κ1) is 15.7. The second kappa shape index (κ2) is 6.37. The first-order chi connectivity index (χ1) is 8.90. The standard InChI is InChI=1S/C16H21BrCl2/c1-16(2)8-4-3-5-12(16)13(17)9-11-6-7-14(18)15(19)10-11/h6-7,10,12-13H,3-5,8-9H2,1-2H3. The van der Waals surface area contributed by atoms with Crippen LogP contribution < -0.4 is 0 Å². The molecule has 2 unspecified atom stereocenters. The van der Waals surface area contributed by atoms with Gasteiger partial charge in [0.05, 0.1) is 10.0 Å². The number of hydrogen-bond donors (Lipinski definition) is 0. The monoisotopic (exact) mass is 362 g/mol. The summed E-state index contributed by atoms with van der Waals surface area (Å²) in [4.78, 5) is 0.514. The highest BCUT2D eigenvalue weighted by Crippen LogP contribution is 2.45. The average Bonchev–Trinajstić information content (AvgIpc) is 2.33. The van der Waals surface area contributed by atoms with Gasteiger partial charge in [-0.05, 0) is 48.3 Å². The Morgan fingerprint density at radius 1 is 1.26 bits per heavy atom. The maximum Gasteiger partial charge on any atom is 0.0595 e. The zero-order chi connectivity index (χ0) is 14.0. The van der Waals surface area contributed by atoms with Crippen molar-refractivity contribution >= 4 is 39.1 Å². The molecule has 0 N–H and O–H groups in total. The maximum absolute atomic E-state index is 6.09. The zero-order valence-corrected chi connectivity index (χ0v) is 14.7. The lowest BCUT2D eigenvalue weighted by molar-refractivity contribution is 0.136. The van der Waals surface area contributed by atoms with E-state index in [2.05, 4.69) is 35.8 Å². The zero-order valence-electron chi connectivity index (χ0n) is 11.6. The minimum absolute atomic E-state index is 0.433. The molecule has 1 aliphatic carbocycles. The van der Waals surface area contributed by atoms with E-state index in [1.807, 2.05) is 12.1 Å². The van der Waals surface area contributed by atoms with Gasteiger partial charge < -0.3 is 0 Å². The van der Waals surface area contributed by atoms with E-state index in [-0.39, 0.29) is 0 Å². The molecule has 0 radical (unpaired) electrons. The van der Waals surface area contributed by atoms with E-state index in [0.717, 1.165) is 12.3 Å². The average molecular weight is 364 g/mol. The van der Waals surface area contributed by atoms with Crippen LogP contribution in [-0.2, 0) is 6.42 Å². The van der Waals surface area contributed by atoms with Crippen molar-refractivity contribution < 1.29 is 0 Å². The normalized spacial score (nSPS) is 24.2. The predicted octanol–water partition coefficient (Wildman–Crippen LogP) is 6.52. The van der Waals surface area contributed by atoms with Gasteiger partial charge in [0.25, 0.3) is 0 Å². The van der Waals surface area contributed by atoms with E-state index < -0.39 is 0 Å². The smallest absolute Gasteiger partial charge is 0.0595 e. The van der Waals surface area contributed by atoms with Gasteiger partial charge >= 0.3 is 0 Å². The van der Waals surface area contributed by atoms with E-state index >= 15 is 0 Å². The molecule has 1 aromatic rings. The molecular weight excluding hydrogens is 343 g/mol. The fourth-order valence-electron chi connectivity index (χ4n) is 3.23. The Labute approximate surface area is 135 Å². The Hall–Kier alpha value is 0.280. The van der Waals surface area contributed by atoms with Crippen molar-refractivity contribution in [3.8, 4) is 0 Å².